The van der Waals surface area contributed by atoms with Gasteiger partial charge in [0, 0.05) is 36.8 Å². The lowest BCUT2D eigenvalue weighted by Gasteiger charge is -2.41. The number of benzene rings is 2. The van der Waals surface area contributed by atoms with E-state index in [1.54, 1.807) is 38.1 Å². The first-order valence-corrected chi connectivity index (χ1v) is 13.4. The molecule has 2 aromatic rings. The van der Waals surface area contributed by atoms with Crippen molar-refractivity contribution in [1.82, 2.24) is 5.32 Å². The number of carbonyl (C=O) groups excluding carboxylic acids is 3. The van der Waals surface area contributed by atoms with Crippen molar-refractivity contribution in [3.8, 4) is 5.75 Å². The highest BCUT2D eigenvalue weighted by Gasteiger charge is 2.39. The molecular formula is C29H39FN4O5. The SMILES string of the molecule is CCOC(=O)CC1CCNCC1C(CF)N(C(=O)CC)c1ccc(NC(=O)Nc2ccccc2C)c(OC)c1. The zero-order chi connectivity index (χ0) is 28.4. The molecule has 1 aliphatic rings. The summed E-state index contributed by atoms with van der Waals surface area (Å²) < 4.78 is 25.5. The number of para-hydroxylation sites is 1. The number of halogens is 1. The number of nitrogens with zero attached hydrogens (tertiary/aromatic N) is 1. The van der Waals surface area contributed by atoms with E-state index in [0.717, 1.165) is 5.56 Å². The van der Waals surface area contributed by atoms with E-state index in [1.165, 1.54) is 12.0 Å². The first kappa shape index (κ1) is 29.9. The van der Waals surface area contributed by atoms with Crippen molar-refractivity contribution < 1.29 is 28.2 Å². The van der Waals surface area contributed by atoms with E-state index in [1.807, 2.05) is 25.1 Å². The average Bonchev–Trinajstić information content (AvgIpc) is 2.93. The third kappa shape index (κ3) is 7.69. The van der Waals surface area contributed by atoms with Gasteiger partial charge in [-0.1, -0.05) is 25.1 Å². The van der Waals surface area contributed by atoms with Crippen LogP contribution in [0.2, 0.25) is 0 Å². The zero-order valence-corrected chi connectivity index (χ0v) is 23.1. The van der Waals surface area contributed by atoms with Gasteiger partial charge >= 0.3 is 12.0 Å². The smallest absolute Gasteiger partial charge is 0.323 e. The van der Waals surface area contributed by atoms with Gasteiger partial charge in [-0.05, 0) is 62.4 Å². The summed E-state index contributed by atoms with van der Waals surface area (Å²) in [7, 11) is 1.46. The van der Waals surface area contributed by atoms with Crippen LogP contribution in [0, 0.1) is 18.8 Å². The van der Waals surface area contributed by atoms with Crippen LogP contribution < -0.4 is 25.6 Å². The number of urea groups is 1. The topological polar surface area (TPSA) is 109 Å². The minimum Gasteiger partial charge on any atom is -0.494 e. The van der Waals surface area contributed by atoms with E-state index in [0.29, 0.717) is 42.3 Å². The Hall–Kier alpha value is -3.66. The number of alkyl halides is 1. The zero-order valence-electron chi connectivity index (χ0n) is 23.1. The summed E-state index contributed by atoms with van der Waals surface area (Å²) in [6.45, 7) is 6.06. The summed E-state index contributed by atoms with van der Waals surface area (Å²) >= 11 is 0. The van der Waals surface area contributed by atoms with E-state index in [4.69, 9.17) is 9.47 Å². The Morgan fingerprint density at radius 2 is 1.87 bits per heavy atom. The summed E-state index contributed by atoms with van der Waals surface area (Å²) in [5, 5.41) is 8.88. The number of aryl methyl sites for hydroxylation is 1. The number of methoxy groups -OCH3 is 1. The van der Waals surface area contributed by atoms with E-state index in [9.17, 15) is 18.8 Å². The quantitative estimate of drug-likeness (QED) is 0.348. The number of ether oxygens (including phenoxy) is 2. The van der Waals surface area contributed by atoms with Crippen LogP contribution in [-0.4, -0.2) is 57.4 Å². The normalized spacial score (nSPS) is 17.6. The fourth-order valence-corrected chi connectivity index (χ4v) is 5.06. The van der Waals surface area contributed by atoms with Gasteiger partial charge in [-0.25, -0.2) is 9.18 Å². The van der Waals surface area contributed by atoms with Crippen molar-refractivity contribution in [1.29, 1.82) is 0 Å². The second-order valence-electron chi connectivity index (χ2n) is 9.54. The molecule has 1 aliphatic heterocycles. The Kier molecular flexibility index (Phi) is 11.1. The molecule has 0 aromatic heterocycles. The molecule has 3 amide bonds. The van der Waals surface area contributed by atoms with Gasteiger partial charge in [-0.2, -0.15) is 0 Å². The molecule has 3 rings (SSSR count). The first-order chi connectivity index (χ1) is 18.8. The van der Waals surface area contributed by atoms with E-state index < -0.39 is 18.7 Å². The summed E-state index contributed by atoms with van der Waals surface area (Å²) in [5.74, 6) is -0.679. The molecule has 1 saturated heterocycles. The van der Waals surface area contributed by atoms with Crippen molar-refractivity contribution in [2.75, 3.05) is 49.0 Å². The maximum atomic E-state index is 14.8. The molecule has 2 aromatic carbocycles. The standard InChI is InChI=1S/C29H39FN4O5/c1-5-27(35)34(25(17-30)22-18-31-14-13-20(22)15-28(36)39-6-2)21-11-12-24(26(16-21)38-4)33-29(37)32-23-10-8-7-9-19(23)3/h7-12,16,20,22,25,31H,5-6,13-15,17-18H2,1-4H3,(H2,32,33,37). The Morgan fingerprint density at radius 1 is 1.13 bits per heavy atom. The number of piperidine rings is 1. The highest BCUT2D eigenvalue weighted by atomic mass is 19.1. The second kappa shape index (κ2) is 14.5. The van der Waals surface area contributed by atoms with Gasteiger partial charge in [0.2, 0.25) is 5.91 Å². The Balaban J connectivity index is 1.87. The monoisotopic (exact) mass is 542 g/mol. The maximum Gasteiger partial charge on any atom is 0.323 e. The molecule has 1 heterocycles. The van der Waals surface area contributed by atoms with Gasteiger partial charge in [-0.3, -0.25) is 9.59 Å². The third-order valence-electron chi connectivity index (χ3n) is 7.07. The fourth-order valence-electron chi connectivity index (χ4n) is 5.06. The Morgan fingerprint density at radius 3 is 2.54 bits per heavy atom. The van der Waals surface area contributed by atoms with Crippen LogP contribution in [-0.2, 0) is 14.3 Å². The van der Waals surface area contributed by atoms with Gasteiger partial charge in [0.25, 0.3) is 0 Å². The molecule has 10 heteroatoms. The number of anilines is 3. The van der Waals surface area contributed by atoms with Crippen molar-refractivity contribution in [3.05, 3.63) is 48.0 Å². The molecule has 39 heavy (non-hydrogen) atoms. The molecule has 3 unspecified atom stereocenters. The maximum absolute atomic E-state index is 14.8. The first-order valence-electron chi connectivity index (χ1n) is 13.4. The molecule has 0 aliphatic carbocycles. The number of rotatable bonds is 11. The molecule has 1 fully saturated rings. The van der Waals surface area contributed by atoms with Crippen LogP contribution >= 0.6 is 0 Å². The number of nitrogens with one attached hydrogen (secondary N) is 3. The van der Waals surface area contributed by atoms with Crippen LogP contribution in [0.25, 0.3) is 0 Å². The van der Waals surface area contributed by atoms with Crippen LogP contribution in [0.3, 0.4) is 0 Å². The molecule has 0 spiro atoms. The molecule has 3 atom stereocenters. The highest BCUT2D eigenvalue weighted by Crippen LogP contribution is 2.36. The lowest BCUT2D eigenvalue weighted by atomic mass is 9.78. The number of amides is 3. The number of esters is 1. The summed E-state index contributed by atoms with van der Waals surface area (Å²) in [4.78, 5) is 39.6. The summed E-state index contributed by atoms with van der Waals surface area (Å²) in [6.07, 6.45) is 1.02. The van der Waals surface area contributed by atoms with E-state index >= 15 is 0 Å². The summed E-state index contributed by atoms with van der Waals surface area (Å²) in [5.41, 5.74) is 2.44. The van der Waals surface area contributed by atoms with Crippen LogP contribution in [0.4, 0.5) is 26.2 Å². The van der Waals surface area contributed by atoms with Gasteiger partial charge in [0.05, 0.1) is 25.4 Å². The molecule has 0 bridgehead atoms. The minimum atomic E-state index is -0.794. The molecule has 0 radical (unpaired) electrons. The van der Waals surface area contributed by atoms with Gasteiger partial charge in [0.15, 0.2) is 0 Å². The van der Waals surface area contributed by atoms with Crippen molar-refractivity contribution in [3.63, 3.8) is 0 Å². The van der Waals surface area contributed by atoms with Gasteiger partial charge in [0.1, 0.15) is 12.4 Å². The van der Waals surface area contributed by atoms with Gasteiger partial charge < -0.3 is 30.3 Å². The minimum absolute atomic E-state index is 0.133. The number of carbonyl (C=O) groups is 3. The van der Waals surface area contributed by atoms with Crippen LogP contribution in [0.1, 0.15) is 38.7 Å². The predicted octanol–water partition coefficient (Wildman–Crippen LogP) is 4.91. The number of hydrogen-bond acceptors (Lipinski definition) is 6. The van der Waals surface area contributed by atoms with Gasteiger partial charge in [-0.15, -0.1) is 0 Å². The highest BCUT2D eigenvalue weighted by molar-refractivity contribution is 6.01. The number of hydrogen-bond donors (Lipinski definition) is 3. The van der Waals surface area contributed by atoms with Crippen molar-refractivity contribution in [2.45, 2.75) is 46.1 Å². The molecule has 212 valence electrons. The molecule has 0 saturated carbocycles. The van der Waals surface area contributed by atoms with Crippen molar-refractivity contribution >= 4 is 35.0 Å². The fraction of sp³-hybridized carbons (Fsp3) is 0.483. The van der Waals surface area contributed by atoms with Crippen molar-refractivity contribution in [2.24, 2.45) is 11.8 Å². The third-order valence-corrected chi connectivity index (χ3v) is 7.07. The Labute approximate surface area is 229 Å². The van der Waals surface area contributed by atoms with E-state index in [-0.39, 0.29) is 43.2 Å². The largest absolute Gasteiger partial charge is 0.494 e. The second-order valence-corrected chi connectivity index (χ2v) is 9.54. The van der Waals surface area contributed by atoms with Crippen LogP contribution in [0.5, 0.6) is 5.75 Å². The molecular weight excluding hydrogens is 503 g/mol. The van der Waals surface area contributed by atoms with Crippen LogP contribution in [0.15, 0.2) is 42.5 Å². The predicted molar refractivity (Wildman–Crippen MR) is 150 cm³/mol. The molecule has 9 nitrogen and oxygen atoms in total. The Bertz CT molecular complexity index is 1140. The van der Waals surface area contributed by atoms with E-state index in [2.05, 4.69) is 16.0 Å². The molecule has 3 N–H and O–H groups in total. The average molecular weight is 543 g/mol. The lowest BCUT2D eigenvalue weighted by Crippen LogP contribution is -2.53. The summed E-state index contributed by atoms with van der Waals surface area (Å²) in [6, 6.07) is 11.1. The lowest BCUT2D eigenvalue weighted by molar-refractivity contribution is -0.145.